The number of hydrogen-bond donors (Lipinski definition) is 2. The number of unbranched alkanes of at least 4 members (excludes halogenated alkanes) is 1. The van der Waals surface area contributed by atoms with Crippen LogP contribution in [0.3, 0.4) is 0 Å². The zero-order chi connectivity index (χ0) is 11.1. The largest absolute Gasteiger partial charge is 0.376 e. The third kappa shape index (κ3) is 4.30. The van der Waals surface area contributed by atoms with Crippen LogP contribution in [0.5, 0.6) is 0 Å². The predicted molar refractivity (Wildman–Crippen MR) is 68.6 cm³/mol. The fraction of sp³-hybridized carbons (Fsp3) is 0.417. The van der Waals surface area contributed by atoms with Gasteiger partial charge in [0.1, 0.15) is 0 Å². The molecule has 3 heteroatoms. The lowest BCUT2D eigenvalue weighted by atomic mass is 10.0. The van der Waals surface area contributed by atoms with Crippen LogP contribution in [-0.2, 0) is 0 Å². The van der Waals surface area contributed by atoms with Crippen molar-refractivity contribution in [1.29, 1.82) is 0 Å². The molecule has 0 amide bonds. The van der Waals surface area contributed by atoms with Crippen molar-refractivity contribution in [2.75, 3.05) is 0 Å². The number of benzene rings is 1. The van der Waals surface area contributed by atoms with Crippen molar-refractivity contribution in [1.82, 2.24) is 5.32 Å². The molecule has 1 aromatic carbocycles. The molecule has 0 aliphatic rings. The SMILES string of the molecule is CCCCC(NC(N)=S)c1ccccc1. The summed E-state index contributed by atoms with van der Waals surface area (Å²) in [5.74, 6) is 0. The monoisotopic (exact) mass is 222 g/mol. The molecule has 15 heavy (non-hydrogen) atoms. The van der Waals surface area contributed by atoms with E-state index >= 15 is 0 Å². The quantitative estimate of drug-likeness (QED) is 0.752. The first-order chi connectivity index (χ1) is 7.24. The van der Waals surface area contributed by atoms with E-state index in [4.69, 9.17) is 18.0 Å². The highest BCUT2D eigenvalue weighted by molar-refractivity contribution is 7.80. The maximum absolute atomic E-state index is 5.52. The van der Waals surface area contributed by atoms with E-state index < -0.39 is 0 Å². The maximum atomic E-state index is 5.52. The summed E-state index contributed by atoms with van der Waals surface area (Å²) in [7, 11) is 0. The fourth-order valence-corrected chi connectivity index (χ4v) is 1.73. The Kier molecular flexibility index (Phi) is 5.12. The van der Waals surface area contributed by atoms with Gasteiger partial charge in [0.25, 0.3) is 0 Å². The predicted octanol–water partition coefficient (Wildman–Crippen LogP) is 2.75. The first-order valence-corrected chi connectivity index (χ1v) is 5.75. The summed E-state index contributed by atoms with van der Waals surface area (Å²) >= 11 is 4.89. The van der Waals surface area contributed by atoms with Gasteiger partial charge in [-0.15, -0.1) is 0 Å². The highest BCUT2D eigenvalue weighted by atomic mass is 32.1. The van der Waals surface area contributed by atoms with Crippen molar-refractivity contribution in [3.8, 4) is 0 Å². The van der Waals surface area contributed by atoms with Crippen molar-refractivity contribution in [2.24, 2.45) is 5.73 Å². The molecule has 82 valence electrons. The first-order valence-electron chi connectivity index (χ1n) is 5.35. The third-order valence-electron chi connectivity index (χ3n) is 2.36. The van der Waals surface area contributed by atoms with E-state index in [2.05, 4.69) is 24.4 Å². The van der Waals surface area contributed by atoms with Crippen LogP contribution in [0.25, 0.3) is 0 Å². The van der Waals surface area contributed by atoms with Gasteiger partial charge in [0.15, 0.2) is 5.11 Å². The van der Waals surface area contributed by atoms with Crippen molar-refractivity contribution >= 4 is 17.3 Å². The Morgan fingerprint density at radius 3 is 2.60 bits per heavy atom. The number of rotatable bonds is 5. The lowest BCUT2D eigenvalue weighted by Gasteiger charge is -2.18. The van der Waals surface area contributed by atoms with Gasteiger partial charge >= 0.3 is 0 Å². The fourth-order valence-electron chi connectivity index (χ4n) is 1.59. The number of nitrogens with two attached hydrogens (primary N) is 1. The normalized spacial score (nSPS) is 12.1. The van der Waals surface area contributed by atoms with Crippen LogP contribution in [0.2, 0.25) is 0 Å². The zero-order valence-corrected chi connectivity index (χ0v) is 9.89. The molecule has 2 nitrogen and oxygen atoms in total. The summed E-state index contributed by atoms with van der Waals surface area (Å²) in [6.07, 6.45) is 3.43. The van der Waals surface area contributed by atoms with E-state index in [1.807, 2.05) is 18.2 Å². The molecule has 1 unspecified atom stereocenters. The number of hydrogen-bond acceptors (Lipinski definition) is 1. The van der Waals surface area contributed by atoms with E-state index in [9.17, 15) is 0 Å². The van der Waals surface area contributed by atoms with Crippen molar-refractivity contribution in [3.63, 3.8) is 0 Å². The Hall–Kier alpha value is -1.09. The Morgan fingerprint density at radius 1 is 1.40 bits per heavy atom. The molecule has 0 aromatic heterocycles. The summed E-state index contributed by atoms with van der Waals surface area (Å²) in [6, 6.07) is 10.5. The standard InChI is InChI=1S/C12H18N2S/c1-2-3-9-11(14-12(13)15)10-7-5-4-6-8-10/h4-8,11H,2-3,9H2,1H3,(H3,13,14,15). The van der Waals surface area contributed by atoms with Crippen LogP contribution in [0.1, 0.15) is 37.8 Å². The van der Waals surface area contributed by atoms with E-state index in [-0.39, 0.29) is 6.04 Å². The molecule has 1 aromatic rings. The molecular formula is C12H18N2S. The zero-order valence-electron chi connectivity index (χ0n) is 9.07. The van der Waals surface area contributed by atoms with Crippen LogP contribution in [-0.4, -0.2) is 5.11 Å². The summed E-state index contributed by atoms with van der Waals surface area (Å²) in [5, 5.41) is 3.52. The molecule has 0 aliphatic heterocycles. The van der Waals surface area contributed by atoms with Crippen LogP contribution < -0.4 is 11.1 Å². The second kappa shape index (κ2) is 6.40. The minimum atomic E-state index is 0.253. The second-order valence-corrected chi connectivity index (χ2v) is 4.05. The Bertz CT molecular complexity index is 298. The van der Waals surface area contributed by atoms with Crippen LogP contribution in [0.15, 0.2) is 30.3 Å². The summed E-state index contributed by atoms with van der Waals surface area (Å²) in [4.78, 5) is 0. The molecule has 1 rings (SSSR count). The highest BCUT2D eigenvalue weighted by Gasteiger charge is 2.09. The molecule has 0 saturated carbocycles. The van der Waals surface area contributed by atoms with Gasteiger partial charge < -0.3 is 11.1 Å². The number of thiocarbonyl (C=S) groups is 1. The van der Waals surface area contributed by atoms with Gasteiger partial charge in [-0.05, 0) is 24.2 Å². The molecule has 0 heterocycles. The topological polar surface area (TPSA) is 38.0 Å². The van der Waals surface area contributed by atoms with Gasteiger partial charge in [0, 0.05) is 0 Å². The van der Waals surface area contributed by atoms with E-state index in [0.29, 0.717) is 5.11 Å². The van der Waals surface area contributed by atoms with Crippen molar-refractivity contribution in [3.05, 3.63) is 35.9 Å². The Morgan fingerprint density at radius 2 is 2.07 bits per heavy atom. The average Bonchev–Trinajstić information content (AvgIpc) is 2.25. The van der Waals surface area contributed by atoms with E-state index in [1.54, 1.807) is 0 Å². The van der Waals surface area contributed by atoms with Crippen molar-refractivity contribution < 1.29 is 0 Å². The Balaban J connectivity index is 2.67. The van der Waals surface area contributed by atoms with Crippen LogP contribution in [0.4, 0.5) is 0 Å². The third-order valence-corrected chi connectivity index (χ3v) is 2.48. The Labute approximate surface area is 96.9 Å². The highest BCUT2D eigenvalue weighted by Crippen LogP contribution is 2.18. The van der Waals surface area contributed by atoms with Gasteiger partial charge in [0.05, 0.1) is 6.04 Å². The van der Waals surface area contributed by atoms with Gasteiger partial charge in [-0.1, -0.05) is 50.1 Å². The van der Waals surface area contributed by atoms with Crippen molar-refractivity contribution in [2.45, 2.75) is 32.2 Å². The molecule has 0 fully saturated rings. The molecule has 0 radical (unpaired) electrons. The van der Waals surface area contributed by atoms with Crippen LogP contribution >= 0.6 is 12.2 Å². The molecule has 0 aliphatic carbocycles. The molecule has 0 bridgehead atoms. The minimum absolute atomic E-state index is 0.253. The molecule has 3 N–H and O–H groups in total. The average molecular weight is 222 g/mol. The molecule has 1 atom stereocenters. The number of nitrogens with one attached hydrogen (secondary N) is 1. The maximum Gasteiger partial charge on any atom is 0.164 e. The molecule has 0 saturated heterocycles. The summed E-state index contributed by atoms with van der Waals surface area (Å²) in [5.41, 5.74) is 6.77. The smallest absolute Gasteiger partial charge is 0.164 e. The summed E-state index contributed by atoms with van der Waals surface area (Å²) in [6.45, 7) is 2.18. The molecule has 0 spiro atoms. The first kappa shape index (κ1) is 12.0. The van der Waals surface area contributed by atoms with E-state index in [1.165, 1.54) is 18.4 Å². The lowest BCUT2D eigenvalue weighted by molar-refractivity contribution is 0.558. The van der Waals surface area contributed by atoms with Gasteiger partial charge in [-0.3, -0.25) is 0 Å². The lowest BCUT2D eigenvalue weighted by Crippen LogP contribution is -2.32. The van der Waals surface area contributed by atoms with Gasteiger partial charge in [-0.2, -0.15) is 0 Å². The van der Waals surface area contributed by atoms with Crippen LogP contribution in [0, 0.1) is 0 Å². The van der Waals surface area contributed by atoms with Gasteiger partial charge in [0.2, 0.25) is 0 Å². The second-order valence-electron chi connectivity index (χ2n) is 3.61. The van der Waals surface area contributed by atoms with Gasteiger partial charge in [-0.25, -0.2) is 0 Å². The minimum Gasteiger partial charge on any atom is -0.376 e. The molecular weight excluding hydrogens is 204 g/mol. The summed E-state index contributed by atoms with van der Waals surface area (Å²) < 4.78 is 0. The van der Waals surface area contributed by atoms with E-state index in [0.717, 1.165) is 6.42 Å².